The highest BCUT2D eigenvalue weighted by molar-refractivity contribution is 5.77. The number of ether oxygens (including phenoxy) is 1. The molecule has 302 valence electrons. The molecule has 0 fully saturated rings. The molecule has 0 spiro atoms. The number of aliphatic hydroxyl groups is 2. The number of amides is 1. The molecule has 3 unspecified atom stereocenters. The van der Waals surface area contributed by atoms with Crippen LogP contribution in [0.15, 0.2) is 48.6 Å². The van der Waals surface area contributed by atoms with Crippen LogP contribution in [0.5, 0.6) is 0 Å². The van der Waals surface area contributed by atoms with Gasteiger partial charge in [-0.1, -0.05) is 198 Å². The van der Waals surface area contributed by atoms with E-state index in [2.05, 4.69) is 44.3 Å². The second-order valence-corrected chi connectivity index (χ2v) is 14.8. The Morgan fingerprint density at radius 3 is 1.56 bits per heavy atom. The summed E-state index contributed by atoms with van der Waals surface area (Å²) >= 11 is 0. The van der Waals surface area contributed by atoms with Crippen molar-refractivity contribution in [2.45, 2.75) is 225 Å². The molecule has 0 aliphatic carbocycles. The van der Waals surface area contributed by atoms with Gasteiger partial charge in [-0.3, -0.25) is 9.59 Å². The van der Waals surface area contributed by atoms with Gasteiger partial charge in [0.05, 0.1) is 25.2 Å². The first-order valence-corrected chi connectivity index (χ1v) is 21.9. The predicted molar refractivity (Wildman–Crippen MR) is 222 cm³/mol. The lowest BCUT2D eigenvalue weighted by Crippen LogP contribution is -2.46. The molecule has 0 saturated carbocycles. The first-order chi connectivity index (χ1) is 25.5. The summed E-state index contributed by atoms with van der Waals surface area (Å²) in [7, 11) is 0. The summed E-state index contributed by atoms with van der Waals surface area (Å²) in [6.45, 7) is 6.29. The molecule has 3 N–H and O–H groups in total. The summed E-state index contributed by atoms with van der Waals surface area (Å²) < 4.78 is 5.87. The molecule has 0 aromatic carbocycles. The van der Waals surface area contributed by atoms with E-state index in [1.807, 2.05) is 30.4 Å². The second-order valence-electron chi connectivity index (χ2n) is 14.8. The van der Waals surface area contributed by atoms with Gasteiger partial charge in [-0.25, -0.2) is 0 Å². The van der Waals surface area contributed by atoms with Crippen molar-refractivity contribution in [3.8, 4) is 0 Å². The fourth-order valence-electron chi connectivity index (χ4n) is 6.44. The third-order valence-corrected chi connectivity index (χ3v) is 9.77. The van der Waals surface area contributed by atoms with E-state index in [0.29, 0.717) is 19.3 Å². The van der Waals surface area contributed by atoms with Crippen molar-refractivity contribution < 1.29 is 24.5 Å². The maximum Gasteiger partial charge on any atom is 0.306 e. The highest BCUT2D eigenvalue weighted by Gasteiger charge is 2.24. The molecule has 0 aromatic rings. The minimum absolute atomic E-state index is 0.0626. The first kappa shape index (κ1) is 49.8. The van der Waals surface area contributed by atoms with Gasteiger partial charge >= 0.3 is 5.97 Å². The van der Waals surface area contributed by atoms with Gasteiger partial charge in [0.2, 0.25) is 5.91 Å². The highest BCUT2D eigenvalue weighted by Crippen LogP contribution is 2.17. The molecule has 0 saturated heterocycles. The summed E-state index contributed by atoms with van der Waals surface area (Å²) in [6, 6.07) is -0.705. The summed E-state index contributed by atoms with van der Waals surface area (Å²) in [5.74, 6) is -0.521. The number of unbranched alkanes of at least 4 members (excludes halogenated alkanes) is 21. The Morgan fingerprint density at radius 2 is 1.04 bits per heavy atom. The van der Waals surface area contributed by atoms with Gasteiger partial charge in [-0.2, -0.15) is 0 Å². The van der Waals surface area contributed by atoms with Gasteiger partial charge in [-0.05, 0) is 44.9 Å². The highest BCUT2D eigenvalue weighted by atomic mass is 16.5. The Balaban J connectivity index is 4.67. The topological polar surface area (TPSA) is 95.9 Å². The molecule has 0 rings (SSSR count). The zero-order valence-electron chi connectivity index (χ0n) is 34.2. The van der Waals surface area contributed by atoms with Crippen molar-refractivity contribution >= 4 is 11.9 Å². The number of carbonyl (C=O) groups excluding carboxylic acids is 2. The number of esters is 1. The predicted octanol–water partition coefficient (Wildman–Crippen LogP) is 12.3. The zero-order chi connectivity index (χ0) is 38.2. The maximum absolute atomic E-state index is 13.1. The van der Waals surface area contributed by atoms with Gasteiger partial charge in [0.15, 0.2) is 0 Å². The van der Waals surface area contributed by atoms with Gasteiger partial charge in [0.1, 0.15) is 6.10 Å². The van der Waals surface area contributed by atoms with E-state index in [1.54, 1.807) is 0 Å². The maximum atomic E-state index is 13.1. The Labute approximate surface area is 321 Å². The van der Waals surface area contributed by atoms with Crippen LogP contribution in [0.4, 0.5) is 0 Å². The summed E-state index contributed by atoms with van der Waals surface area (Å²) in [5, 5.41) is 23.5. The molecule has 1 amide bonds. The monoisotopic (exact) mass is 730 g/mol. The van der Waals surface area contributed by atoms with Crippen LogP contribution in [-0.2, 0) is 14.3 Å². The van der Waals surface area contributed by atoms with E-state index in [9.17, 15) is 19.8 Å². The third kappa shape index (κ3) is 34.9. The smallest absolute Gasteiger partial charge is 0.306 e. The first-order valence-electron chi connectivity index (χ1n) is 21.9. The Morgan fingerprint density at radius 1 is 0.577 bits per heavy atom. The lowest BCUT2D eigenvalue weighted by molar-refractivity contribution is -0.151. The van der Waals surface area contributed by atoms with Crippen molar-refractivity contribution in [3.05, 3.63) is 48.6 Å². The lowest BCUT2D eigenvalue weighted by atomic mass is 10.0. The minimum Gasteiger partial charge on any atom is -0.462 e. The van der Waals surface area contributed by atoms with Gasteiger partial charge in [0, 0.05) is 6.42 Å². The lowest BCUT2D eigenvalue weighted by Gasteiger charge is -2.24. The summed E-state index contributed by atoms with van der Waals surface area (Å²) in [5.41, 5.74) is 0. The molecule has 0 aliphatic heterocycles. The number of nitrogens with one attached hydrogen (secondary N) is 1. The van der Waals surface area contributed by atoms with Crippen LogP contribution >= 0.6 is 0 Å². The SMILES string of the molecule is CC/C=C/C=C/C=C\C=C/CCCCCC(=O)OC(CCCCCCCCCCCCC)CC(=O)NC(CO)C(O)CCCCCCCCCCC. The van der Waals surface area contributed by atoms with Crippen LogP contribution in [-0.4, -0.2) is 46.9 Å². The van der Waals surface area contributed by atoms with Crippen molar-refractivity contribution in [2.24, 2.45) is 0 Å². The van der Waals surface area contributed by atoms with Crippen LogP contribution in [0.1, 0.15) is 207 Å². The molecular weight excluding hydrogens is 647 g/mol. The van der Waals surface area contributed by atoms with Crippen LogP contribution in [0.2, 0.25) is 0 Å². The Bertz CT molecular complexity index is 910. The van der Waals surface area contributed by atoms with Crippen LogP contribution < -0.4 is 5.32 Å². The molecule has 3 atom stereocenters. The van der Waals surface area contributed by atoms with E-state index in [1.165, 1.54) is 89.9 Å². The molecular formula is C46H83NO5. The van der Waals surface area contributed by atoms with E-state index >= 15 is 0 Å². The van der Waals surface area contributed by atoms with E-state index in [4.69, 9.17) is 4.74 Å². The minimum atomic E-state index is -0.790. The zero-order valence-corrected chi connectivity index (χ0v) is 34.2. The quantitative estimate of drug-likeness (QED) is 0.0334. The van der Waals surface area contributed by atoms with Crippen molar-refractivity contribution in [1.82, 2.24) is 5.32 Å². The third-order valence-electron chi connectivity index (χ3n) is 9.77. The van der Waals surface area contributed by atoms with Crippen LogP contribution in [0.3, 0.4) is 0 Å². The van der Waals surface area contributed by atoms with Gasteiger partial charge in [0.25, 0.3) is 0 Å². The molecule has 0 heterocycles. The number of hydrogen-bond acceptors (Lipinski definition) is 5. The molecule has 0 aromatic heterocycles. The standard InChI is InChI=1S/C46H83NO5/c1-4-7-10-13-16-19-21-22-24-27-30-33-36-39-46(51)52-42(37-34-31-28-26-23-20-17-14-11-8-5-2)40-45(50)47-43(41-48)44(49)38-35-32-29-25-18-15-12-9-6-3/h7,10,13,16,19,21-22,24,42-44,48-49H,4-6,8-9,11-12,14-15,17-18,20,23,25-41H2,1-3H3,(H,47,50)/b10-7+,16-13+,21-19-,24-22-. The Kier molecular flexibility index (Phi) is 38.3. The normalized spacial score (nSPS) is 13.9. The van der Waals surface area contributed by atoms with Gasteiger partial charge in [-0.15, -0.1) is 0 Å². The number of rotatable bonds is 38. The number of allylic oxidation sites excluding steroid dienone is 8. The average molecular weight is 730 g/mol. The van der Waals surface area contributed by atoms with Crippen molar-refractivity contribution in [3.63, 3.8) is 0 Å². The van der Waals surface area contributed by atoms with Gasteiger partial charge < -0.3 is 20.3 Å². The van der Waals surface area contributed by atoms with E-state index in [0.717, 1.165) is 70.6 Å². The number of hydrogen-bond donors (Lipinski definition) is 3. The Hall–Kier alpha value is -2.18. The molecule has 0 aliphatic rings. The molecule has 52 heavy (non-hydrogen) atoms. The fourth-order valence-corrected chi connectivity index (χ4v) is 6.44. The summed E-state index contributed by atoms with van der Waals surface area (Å²) in [4.78, 5) is 25.9. The molecule has 0 bridgehead atoms. The molecule has 0 radical (unpaired) electrons. The molecule has 6 heteroatoms. The molecule has 6 nitrogen and oxygen atoms in total. The van der Waals surface area contributed by atoms with E-state index < -0.39 is 18.2 Å². The second kappa shape index (κ2) is 40.0. The van der Waals surface area contributed by atoms with E-state index in [-0.39, 0.29) is 24.9 Å². The van der Waals surface area contributed by atoms with Crippen molar-refractivity contribution in [2.75, 3.05) is 6.61 Å². The average Bonchev–Trinajstić information content (AvgIpc) is 3.13. The van der Waals surface area contributed by atoms with Crippen molar-refractivity contribution in [1.29, 1.82) is 0 Å². The number of aliphatic hydroxyl groups excluding tert-OH is 2. The van der Waals surface area contributed by atoms with Crippen LogP contribution in [0.25, 0.3) is 0 Å². The number of carbonyl (C=O) groups is 2. The van der Waals surface area contributed by atoms with Crippen LogP contribution in [0, 0.1) is 0 Å². The summed E-state index contributed by atoms with van der Waals surface area (Å²) in [6.07, 6.45) is 46.0. The fraction of sp³-hybridized carbons (Fsp3) is 0.783. The largest absolute Gasteiger partial charge is 0.462 e.